The van der Waals surface area contributed by atoms with E-state index in [0.717, 1.165) is 64.2 Å². The highest BCUT2D eigenvalue weighted by Gasteiger charge is 2.27. The molecule has 344 valence electrons. The normalized spacial score (nSPS) is 14.2. The van der Waals surface area contributed by atoms with Crippen molar-refractivity contribution in [3.63, 3.8) is 0 Å². The number of ether oxygens (including phenoxy) is 2. The summed E-state index contributed by atoms with van der Waals surface area (Å²) in [6.07, 6.45) is 51.6. The van der Waals surface area contributed by atoms with Gasteiger partial charge >= 0.3 is 19.8 Å². The van der Waals surface area contributed by atoms with Crippen molar-refractivity contribution in [2.75, 3.05) is 26.4 Å². The van der Waals surface area contributed by atoms with E-state index in [2.05, 4.69) is 62.5 Å². The molecule has 0 aliphatic rings. The number of carbonyl (C=O) groups excluding carboxylic acids is 1. The summed E-state index contributed by atoms with van der Waals surface area (Å²) >= 11 is 0. The van der Waals surface area contributed by atoms with Crippen molar-refractivity contribution in [1.82, 2.24) is 0 Å². The maximum Gasteiger partial charge on any atom is 0.472 e. The number of rotatable bonds is 45. The van der Waals surface area contributed by atoms with Crippen molar-refractivity contribution < 1.29 is 42.7 Å². The first-order chi connectivity index (χ1) is 28.7. The highest BCUT2D eigenvalue weighted by atomic mass is 31.2. The quantitative estimate of drug-likeness (QED) is 0.0233. The molecule has 0 rings (SSSR count). The third-order valence-corrected chi connectivity index (χ3v) is 11.0. The van der Waals surface area contributed by atoms with Crippen LogP contribution in [0.3, 0.4) is 0 Å². The summed E-state index contributed by atoms with van der Waals surface area (Å²) in [6, 6.07) is -1.48. The Balaban J connectivity index is 4.19. The minimum Gasteiger partial charge on any atom is -0.480 e. The summed E-state index contributed by atoms with van der Waals surface area (Å²) in [5.41, 5.74) is 5.36. The third-order valence-electron chi connectivity index (χ3n) is 10.1. The van der Waals surface area contributed by atoms with E-state index >= 15 is 0 Å². The lowest BCUT2D eigenvalue weighted by Gasteiger charge is -2.20. The minimum absolute atomic E-state index is 0.0117. The van der Waals surface area contributed by atoms with Gasteiger partial charge in [-0.25, -0.2) is 4.57 Å². The molecule has 10 nitrogen and oxygen atoms in total. The number of phosphoric acid groups is 1. The number of unbranched alkanes of at least 4 members (excludes halogenated alkanes) is 23. The molecule has 0 amide bonds. The van der Waals surface area contributed by atoms with Gasteiger partial charge in [0, 0.05) is 13.0 Å². The number of hydrogen-bond donors (Lipinski definition) is 3. The molecule has 59 heavy (non-hydrogen) atoms. The van der Waals surface area contributed by atoms with E-state index in [0.29, 0.717) is 13.0 Å². The third kappa shape index (κ3) is 43.8. The Hall–Kier alpha value is -2.07. The molecule has 0 aliphatic carbocycles. The fourth-order valence-electron chi connectivity index (χ4n) is 6.44. The predicted molar refractivity (Wildman–Crippen MR) is 244 cm³/mol. The molecule has 0 radical (unpaired) electrons. The Bertz CT molecular complexity index is 1130. The smallest absolute Gasteiger partial charge is 0.472 e. The number of aliphatic carboxylic acids is 1. The average molecular weight is 854 g/mol. The van der Waals surface area contributed by atoms with Crippen molar-refractivity contribution in [3.05, 3.63) is 48.6 Å². The van der Waals surface area contributed by atoms with E-state index in [4.69, 9.17) is 29.4 Å². The first-order valence-corrected chi connectivity index (χ1v) is 25.2. The number of hydrogen-bond acceptors (Lipinski definition) is 8. The first-order valence-electron chi connectivity index (χ1n) is 23.7. The zero-order valence-electron chi connectivity index (χ0n) is 37.6. The molecule has 0 spiro atoms. The Morgan fingerprint density at radius 3 is 1.49 bits per heavy atom. The number of phosphoric ester groups is 1. The van der Waals surface area contributed by atoms with Crippen molar-refractivity contribution in [1.29, 1.82) is 0 Å². The van der Waals surface area contributed by atoms with Gasteiger partial charge in [-0.15, -0.1) is 0 Å². The molecule has 0 aromatic rings. The number of allylic oxidation sites excluding steroid dienone is 8. The topological polar surface area (TPSA) is 155 Å². The summed E-state index contributed by atoms with van der Waals surface area (Å²) in [6.45, 7) is 3.77. The van der Waals surface area contributed by atoms with Crippen LogP contribution in [0.4, 0.5) is 0 Å². The summed E-state index contributed by atoms with van der Waals surface area (Å²) in [5, 5.41) is 8.91. The van der Waals surface area contributed by atoms with Crippen molar-refractivity contribution in [2.45, 2.75) is 219 Å². The second-order valence-electron chi connectivity index (χ2n) is 15.9. The molecule has 0 bridgehead atoms. The highest BCUT2D eigenvalue weighted by molar-refractivity contribution is 7.47. The number of carboxylic acids is 1. The zero-order chi connectivity index (χ0) is 43.3. The van der Waals surface area contributed by atoms with Gasteiger partial charge < -0.3 is 25.2 Å². The van der Waals surface area contributed by atoms with Crippen LogP contribution in [-0.4, -0.2) is 60.5 Å². The van der Waals surface area contributed by atoms with E-state index in [1.54, 1.807) is 0 Å². The molecule has 11 heteroatoms. The molecule has 3 unspecified atom stereocenters. The van der Waals surface area contributed by atoms with E-state index in [1.807, 2.05) is 0 Å². The van der Waals surface area contributed by atoms with Gasteiger partial charge in [0.05, 0.1) is 19.8 Å². The molecule has 0 fully saturated rings. The van der Waals surface area contributed by atoms with Gasteiger partial charge in [-0.3, -0.25) is 18.6 Å². The SMILES string of the molecule is CC/C=C\C/C=C\C/C=C\CCCCCCCCCC(=O)OC(COCCCCCCCCCCCC/C=C\CCCCCCCC)COP(=O)(O)OCC(N)C(=O)O. The minimum atomic E-state index is -4.62. The fourth-order valence-corrected chi connectivity index (χ4v) is 7.22. The standard InChI is InChI=1S/C48H88NO9P/c1-3-5-7-9-11-13-15-17-19-21-22-23-25-27-29-31-33-35-37-39-41-55-42-45(43-56-59(53,54)57-44-46(49)48(51)52)58-47(50)40-38-36-34-32-30-28-26-24-20-18-16-14-12-10-8-6-4-2/h6,8,12,14,17-20,45-46H,3-5,7,9-11,13,15-16,21-44,49H2,1-2H3,(H,51,52)(H,53,54)/b8-6-,14-12-,19-17-,20-18-. The molecule has 4 N–H and O–H groups in total. The molecule has 0 heterocycles. The number of nitrogens with two attached hydrogens (primary N) is 1. The molecule has 0 aromatic carbocycles. The average Bonchev–Trinajstić information content (AvgIpc) is 3.21. The van der Waals surface area contributed by atoms with Crippen LogP contribution in [-0.2, 0) is 32.7 Å². The zero-order valence-corrected chi connectivity index (χ0v) is 38.5. The highest BCUT2D eigenvalue weighted by Crippen LogP contribution is 2.43. The summed E-state index contributed by atoms with van der Waals surface area (Å²) in [7, 11) is -4.62. The van der Waals surface area contributed by atoms with Crippen LogP contribution in [0.25, 0.3) is 0 Å². The van der Waals surface area contributed by atoms with Crippen LogP contribution >= 0.6 is 7.82 Å². The number of esters is 1. The Labute approximate surface area is 360 Å². The van der Waals surface area contributed by atoms with Crippen molar-refractivity contribution in [3.8, 4) is 0 Å². The van der Waals surface area contributed by atoms with Gasteiger partial charge in [0.1, 0.15) is 12.1 Å². The lowest BCUT2D eigenvalue weighted by Crippen LogP contribution is -2.34. The van der Waals surface area contributed by atoms with Gasteiger partial charge in [0.25, 0.3) is 0 Å². The Morgan fingerprint density at radius 1 is 0.559 bits per heavy atom. The van der Waals surface area contributed by atoms with Gasteiger partial charge in [-0.05, 0) is 70.6 Å². The van der Waals surface area contributed by atoms with Gasteiger partial charge in [-0.1, -0.05) is 178 Å². The van der Waals surface area contributed by atoms with Crippen molar-refractivity contribution in [2.24, 2.45) is 5.73 Å². The summed E-state index contributed by atoms with van der Waals surface area (Å²) < 4.78 is 33.4. The Morgan fingerprint density at radius 2 is 0.983 bits per heavy atom. The first kappa shape index (κ1) is 56.9. The van der Waals surface area contributed by atoms with Crippen LogP contribution in [0, 0.1) is 0 Å². The van der Waals surface area contributed by atoms with Gasteiger partial charge in [0.2, 0.25) is 0 Å². The largest absolute Gasteiger partial charge is 0.480 e. The lowest BCUT2D eigenvalue weighted by atomic mass is 10.1. The van der Waals surface area contributed by atoms with E-state index in [9.17, 15) is 19.0 Å². The van der Waals surface area contributed by atoms with Gasteiger partial charge in [-0.2, -0.15) is 0 Å². The molecular weight excluding hydrogens is 766 g/mol. The lowest BCUT2D eigenvalue weighted by molar-refractivity contribution is -0.154. The van der Waals surface area contributed by atoms with Crippen LogP contribution in [0.15, 0.2) is 48.6 Å². The van der Waals surface area contributed by atoms with Crippen LogP contribution in [0.5, 0.6) is 0 Å². The summed E-state index contributed by atoms with van der Waals surface area (Å²) in [4.78, 5) is 33.6. The number of carboxylic acid groups (broad SMARTS) is 1. The molecule has 3 atom stereocenters. The Kier molecular flexibility index (Phi) is 42.5. The molecule has 0 saturated heterocycles. The maximum atomic E-state index is 12.7. The maximum absolute atomic E-state index is 12.7. The monoisotopic (exact) mass is 854 g/mol. The van der Waals surface area contributed by atoms with E-state index < -0.39 is 45.1 Å². The van der Waals surface area contributed by atoms with Crippen LogP contribution in [0.1, 0.15) is 206 Å². The molecule has 0 saturated carbocycles. The van der Waals surface area contributed by atoms with Crippen molar-refractivity contribution >= 4 is 19.8 Å². The predicted octanol–water partition coefficient (Wildman–Crippen LogP) is 13.4. The molecule has 0 aliphatic heterocycles. The van der Waals surface area contributed by atoms with E-state index in [1.165, 1.54) is 116 Å². The fraction of sp³-hybridized carbons (Fsp3) is 0.792. The summed E-state index contributed by atoms with van der Waals surface area (Å²) in [5.74, 6) is -1.79. The second-order valence-corrected chi connectivity index (χ2v) is 17.3. The molecular formula is C48H88NO9P. The van der Waals surface area contributed by atoms with Crippen LogP contribution < -0.4 is 5.73 Å². The van der Waals surface area contributed by atoms with Gasteiger partial charge in [0.15, 0.2) is 0 Å². The molecule has 0 aromatic heterocycles. The van der Waals surface area contributed by atoms with E-state index in [-0.39, 0.29) is 13.0 Å². The van der Waals surface area contributed by atoms with Crippen LogP contribution in [0.2, 0.25) is 0 Å². The number of carbonyl (C=O) groups is 2. The second kappa shape index (κ2) is 44.0.